The third-order valence-electron chi connectivity index (χ3n) is 4.59. The Balaban J connectivity index is 0.00000280. The number of halogens is 2. The highest BCUT2D eigenvalue weighted by Crippen LogP contribution is 2.20. The summed E-state index contributed by atoms with van der Waals surface area (Å²) in [6, 6.07) is 8.01. The van der Waals surface area contributed by atoms with Gasteiger partial charge in [0.25, 0.3) is 0 Å². The third kappa shape index (κ3) is 5.97. The largest absolute Gasteiger partial charge is 0.368 e. The summed E-state index contributed by atoms with van der Waals surface area (Å²) in [6.45, 7) is 8.50. The number of nitrogens with one attached hydrogen (secondary N) is 1. The van der Waals surface area contributed by atoms with E-state index in [1.54, 1.807) is 0 Å². The molecule has 1 N–H and O–H groups in total. The van der Waals surface area contributed by atoms with E-state index in [0.29, 0.717) is 18.9 Å². The summed E-state index contributed by atoms with van der Waals surface area (Å²) in [5.41, 5.74) is 1.17. The maximum absolute atomic E-state index is 6.11. The van der Waals surface area contributed by atoms with E-state index in [2.05, 4.69) is 50.2 Å². The van der Waals surface area contributed by atoms with Gasteiger partial charge in [-0.05, 0) is 18.2 Å². The first-order valence-corrected chi connectivity index (χ1v) is 9.73. The van der Waals surface area contributed by atoms with E-state index in [4.69, 9.17) is 16.1 Å². The van der Waals surface area contributed by atoms with Gasteiger partial charge in [-0.2, -0.15) is 4.98 Å². The summed E-state index contributed by atoms with van der Waals surface area (Å²) in [5.74, 6) is 2.60. The molecule has 3 rings (SSSR count). The molecule has 1 saturated heterocycles. The Kier molecular flexibility index (Phi) is 8.81. The second-order valence-corrected chi connectivity index (χ2v) is 7.32. The Labute approximate surface area is 188 Å². The SMILES string of the molecule is CN=C(NCCc1nc(C(C)C)no1)N1CCN(c2cccc(Cl)c2)CC1.I. The smallest absolute Gasteiger partial charge is 0.228 e. The number of nitrogens with zero attached hydrogens (tertiary/aromatic N) is 5. The van der Waals surface area contributed by atoms with E-state index in [1.165, 1.54) is 5.69 Å². The lowest BCUT2D eigenvalue weighted by Crippen LogP contribution is -2.52. The van der Waals surface area contributed by atoms with E-state index in [9.17, 15) is 0 Å². The van der Waals surface area contributed by atoms with Crippen molar-refractivity contribution in [3.8, 4) is 0 Å². The van der Waals surface area contributed by atoms with Gasteiger partial charge in [-0.1, -0.05) is 36.7 Å². The molecular weight excluding hydrogens is 491 g/mol. The number of benzene rings is 1. The number of hydrogen-bond acceptors (Lipinski definition) is 5. The standard InChI is InChI=1S/C19H27ClN6O.HI/c1-14(2)18-23-17(27-24-18)7-8-22-19(21-3)26-11-9-25(10-12-26)16-6-4-5-15(20)13-16;/h4-6,13-14H,7-12H2,1-3H3,(H,21,22);1H. The van der Waals surface area contributed by atoms with Crippen LogP contribution in [0.5, 0.6) is 0 Å². The number of aliphatic imine (C=N–C) groups is 1. The zero-order chi connectivity index (χ0) is 19.2. The van der Waals surface area contributed by atoms with Crippen LogP contribution in [0.3, 0.4) is 0 Å². The van der Waals surface area contributed by atoms with Gasteiger partial charge in [0.15, 0.2) is 11.8 Å². The van der Waals surface area contributed by atoms with Crippen molar-refractivity contribution in [2.24, 2.45) is 4.99 Å². The van der Waals surface area contributed by atoms with Gasteiger partial charge in [0, 0.05) is 62.8 Å². The average Bonchev–Trinajstić information content (AvgIpc) is 3.15. The highest BCUT2D eigenvalue weighted by molar-refractivity contribution is 14.0. The Bertz CT molecular complexity index is 773. The van der Waals surface area contributed by atoms with Gasteiger partial charge in [-0.15, -0.1) is 24.0 Å². The molecule has 1 aliphatic heterocycles. The highest BCUT2D eigenvalue weighted by atomic mass is 127. The molecule has 0 aliphatic carbocycles. The van der Waals surface area contributed by atoms with E-state index >= 15 is 0 Å². The summed E-state index contributed by atoms with van der Waals surface area (Å²) in [4.78, 5) is 13.4. The molecule has 0 unspecified atom stereocenters. The zero-order valence-electron chi connectivity index (χ0n) is 16.6. The van der Waals surface area contributed by atoms with E-state index < -0.39 is 0 Å². The van der Waals surface area contributed by atoms with Crippen LogP contribution in [0.1, 0.15) is 31.5 Å². The first kappa shape index (κ1) is 22.7. The fourth-order valence-electron chi connectivity index (χ4n) is 3.07. The van der Waals surface area contributed by atoms with Gasteiger partial charge in [0.1, 0.15) is 0 Å². The van der Waals surface area contributed by atoms with Crippen LogP contribution in [0.2, 0.25) is 5.02 Å². The minimum atomic E-state index is 0. The lowest BCUT2D eigenvalue weighted by molar-refractivity contribution is 0.362. The molecule has 0 amide bonds. The lowest BCUT2D eigenvalue weighted by atomic mass is 10.2. The molecule has 1 aliphatic rings. The molecule has 0 atom stereocenters. The molecule has 2 heterocycles. The van der Waals surface area contributed by atoms with Gasteiger partial charge in [0.05, 0.1) is 0 Å². The molecule has 2 aromatic rings. The van der Waals surface area contributed by atoms with Gasteiger partial charge in [0.2, 0.25) is 5.89 Å². The molecule has 0 saturated carbocycles. The Hall–Kier alpha value is -1.55. The number of piperazine rings is 1. The molecule has 1 aromatic heterocycles. The molecule has 154 valence electrons. The molecule has 9 heteroatoms. The molecule has 0 radical (unpaired) electrons. The second kappa shape index (κ2) is 10.8. The third-order valence-corrected chi connectivity index (χ3v) is 4.82. The fraction of sp³-hybridized carbons (Fsp3) is 0.526. The van der Waals surface area contributed by atoms with E-state index in [1.807, 2.05) is 25.2 Å². The predicted octanol–water partition coefficient (Wildman–Crippen LogP) is 3.40. The van der Waals surface area contributed by atoms with Crippen molar-refractivity contribution >= 4 is 47.2 Å². The maximum atomic E-state index is 6.11. The molecule has 7 nitrogen and oxygen atoms in total. The van der Waals surface area contributed by atoms with Gasteiger partial charge < -0.3 is 19.6 Å². The fourth-order valence-corrected chi connectivity index (χ4v) is 3.25. The average molecular weight is 519 g/mol. The van der Waals surface area contributed by atoms with Crippen molar-refractivity contribution in [1.29, 1.82) is 0 Å². The first-order valence-electron chi connectivity index (χ1n) is 9.35. The van der Waals surface area contributed by atoms with Crippen molar-refractivity contribution < 1.29 is 4.52 Å². The Morgan fingerprint density at radius 2 is 2.04 bits per heavy atom. The summed E-state index contributed by atoms with van der Waals surface area (Å²) in [6.07, 6.45) is 0.682. The van der Waals surface area contributed by atoms with Gasteiger partial charge in [-0.3, -0.25) is 4.99 Å². The number of anilines is 1. The summed E-state index contributed by atoms with van der Waals surface area (Å²) in [7, 11) is 1.81. The molecule has 1 fully saturated rings. The van der Waals surface area contributed by atoms with Crippen molar-refractivity contribution in [3.05, 3.63) is 41.0 Å². The second-order valence-electron chi connectivity index (χ2n) is 6.88. The van der Waals surface area contributed by atoms with Crippen LogP contribution in [-0.4, -0.2) is 60.8 Å². The number of guanidine groups is 1. The molecule has 28 heavy (non-hydrogen) atoms. The number of rotatable bonds is 5. The predicted molar refractivity (Wildman–Crippen MR) is 124 cm³/mol. The molecule has 0 spiro atoms. The van der Waals surface area contributed by atoms with Gasteiger partial charge in [-0.25, -0.2) is 0 Å². The molecule has 1 aromatic carbocycles. The maximum Gasteiger partial charge on any atom is 0.228 e. The monoisotopic (exact) mass is 518 g/mol. The highest BCUT2D eigenvalue weighted by Gasteiger charge is 2.20. The van der Waals surface area contributed by atoms with Crippen LogP contribution in [-0.2, 0) is 6.42 Å². The number of hydrogen-bond donors (Lipinski definition) is 1. The summed E-state index contributed by atoms with van der Waals surface area (Å²) < 4.78 is 5.29. The Morgan fingerprint density at radius 3 is 2.64 bits per heavy atom. The zero-order valence-corrected chi connectivity index (χ0v) is 19.6. The van der Waals surface area contributed by atoms with Crippen LogP contribution in [0.4, 0.5) is 5.69 Å². The van der Waals surface area contributed by atoms with Crippen molar-refractivity contribution in [3.63, 3.8) is 0 Å². The quantitative estimate of drug-likeness (QED) is 0.372. The topological polar surface area (TPSA) is 69.8 Å². The molecule has 0 bridgehead atoms. The molecular formula is C19H28ClIN6O. The van der Waals surface area contributed by atoms with Crippen molar-refractivity contribution in [1.82, 2.24) is 20.4 Å². The van der Waals surface area contributed by atoms with Crippen molar-refractivity contribution in [2.45, 2.75) is 26.2 Å². The first-order chi connectivity index (χ1) is 13.1. The number of aromatic nitrogens is 2. The summed E-state index contributed by atoms with van der Waals surface area (Å²) >= 11 is 6.11. The minimum Gasteiger partial charge on any atom is -0.368 e. The summed E-state index contributed by atoms with van der Waals surface area (Å²) in [5, 5.41) is 8.17. The van der Waals surface area contributed by atoms with Crippen LogP contribution < -0.4 is 10.2 Å². The normalized spacial score (nSPS) is 15.0. The van der Waals surface area contributed by atoms with Crippen molar-refractivity contribution in [2.75, 3.05) is 44.7 Å². The van der Waals surface area contributed by atoms with Crippen LogP contribution in [0.15, 0.2) is 33.8 Å². The van der Waals surface area contributed by atoms with Gasteiger partial charge >= 0.3 is 0 Å². The minimum absolute atomic E-state index is 0. The van der Waals surface area contributed by atoms with E-state index in [0.717, 1.165) is 43.0 Å². The Morgan fingerprint density at radius 1 is 1.29 bits per heavy atom. The van der Waals surface area contributed by atoms with E-state index in [-0.39, 0.29) is 29.9 Å². The van der Waals surface area contributed by atoms with Crippen LogP contribution in [0.25, 0.3) is 0 Å². The van der Waals surface area contributed by atoms with Crippen LogP contribution >= 0.6 is 35.6 Å². The van der Waals surface area contributed by atoms with Crippen LogP contribution in [0, 0.1) is 0 Å². The lowest BCUT2D eigenvalue weighted by Gasteiger charge is -2.37.